The summed E-state index contributed by atoms with van der Waals surface area (Å²) >= 11 is 0. The van der Waals surface area contributed by atoms with Crippen LogP contribution in [0.3, 0.4) is 0 Å². The van der Waals surface area contributed by atoms with E-state index in [9.17, 15) is 0 Å². The maximum Gasteiger partial charge on any atom is 0.259 e. The minimum absolute atomic E-state index is 0.214. The van der Waals surface area contributed by atoms with Crippen LogP contribution in [0.2, 0.25) is 0 Å². The van der Waals surface area contributed by atoms with E-state index in [0.717, 1.165) is 11.3 Å². The molecule has 0 unspecified atom stereocenters. The quantitative estimate of drug-likeness (QED) is 0.389. The minimum atomic E-state index is -0.214. The highest BCUT2D eigenvalue weighted by Gasteiger charge is 2.25. The van der Waals surface area contributed by atoms with Gasteiger partial charge in [-0.25, -0.2) is 9.83 Å². The molecule has 1 aromatic carbocycles. The predicted octanol–water partition coefficient (Wildman–Crippen LogP) is 5.02. The summed E-state index contributed by atoms with van der Waals surface area (Å²) in [7, 11) is 0. The van der Waals surface area contributed by atoms with Gasteiger partial charge in [0.2, 0.25) is 11.5 Å². The summed E-state index contributed by atoms with van der Waals surface area (Å²) < 4.78 is 1.60. The zero-order valence-corrected chi connectivity index (χ0v) is 16.0. The Bertz CT molecular complexity index is 1210. The Hall–Kier alpha value is -3.80. The fourth-order valence-corrected chi connectivity index (χ4v) is 2.94. The van der Waals surface area contributed by atoms with Crippen molar-refractivity contribution in [1.82, 2.24) is 30.0 Å². The molecule has 9 nitrogen and oxygen atoms in total. The Labute approximate surface area is 161 Å². The molecule has 0 radical (unpaired) electrons. The van der Waals surface area contributed by atoms with Gasteiger partial charge < -0.3 is 0 Å². The summed E-state index contributed by atoms with van der Waals surface area (Å²) in [5.41, 5.74) is 3.65. The van der Waals surface area contributed by atoms with Crippen LogP contribution in [0, 0.1) is 13.5 Å². The fourth-order valence-electron chi connectivity index (χ4n) is 2.94. The highest BCUT2D eigenvalue weighted by atomic mass is 15.5. The number of aromatic nitrogens is 6. The van der Waals surface area contributed by atoms with Gasteiger partial charge in [-0.1, -0.05) is 51.1 Å². The number of hydrogen-bond acceptors (Lipinski definition) is 5. The predicted molar refractivity (Wildman–Crippen MR) is 105 cm³/mol. The lowest BCUT2D eigenvalue weighted by molar-refractivity contribution is 0.557. The van der Waals surface area contributed by atoms with Gasteiger partial charge in [0.05, 0.1) is 18.0 Å². The third kappa shape index (κ3) is 2.95. The lowest BCUT2D eigenvalue weighted by Gasteiger charge is -2.16. The number of nitrogens with one attached hydrogen (secondary N) is 2. The second kappa shape index (κ2) is 6.42. The smallest absolute Gasteiger partial charge is 0.259 e. The number of fused-ring (bicyclic) bond motifs is 1. The average molecular weight is 373 g/mol. The summed E-state index contributed by atoms with van der Waals surface area (Å²) in [6.45, 7) is 15.6. The maximum atomic E-state index is 7.55. The first-order valence-corrected chi connectivity index (χ1v) is 8.77. The van der Waals surface area contributed by atoms with Crippen LogP contribution in [-0.4, -0.2) is 30.0 Å². The molecule has 0 saturated carbocycles. The van der Waals surface area contributed by atoms with Crippen LogP contribution in [0.4, 0.5) is 17.2 Å². The SMILES string of the molecule is [C-]#[N+]c1c(N=Nc2c(C(C)(C)C)[nH]n3nc(C)nc23)n[nH]c1-c1ccccc1. The average Bonchev–Trinajstić information content (AvgIpc) is 3.32. The Kier molecular flexibility index (Phi) is 4.04. The van der Waals surface area contributed by atoms with Crippen LogP contribution in [-0.2, 0) is 5.41 Å². The normalized spacial score (nSPS) is 12.1. The summed E-state index contributed by atoms with van der Waals surface area (Å²) in [6, 6.07) is 9.56. The van der Waals surface area contributed by atoms with Crippen LogP contribution in [0.5, 0.6) is 0 Å². The molecular weight excluding hydrogens is 354 g/mol. The first-order valence-electron chi connectivity index (χ1n) is 8.77. The number of rotatable bonds is 3. The zero-order valence-electron chi connectivity index (χ0n) is 16.0. The molecule has 0 bridgehead atoms. The molecule has 0 aliphatic heterocycles. The van der Waals surface area contributed by atoms with Gasteiger partial charge in [0.1, 0.15) is 5.82 Å². The van der Waals surface area contributed by atoms with E-state index in [2.05, 4.69) is 61.2 Å². The molecule has 0 spiro atoms. The second-order valence-corrected chi connectivity index (χ2v) is 7.43. The van der Waals surface area contributed by atoms with E-state index in [1.165, 1.54) is 0 Å². The van der Waals surface area contributed by atoms with Crippen molar-refractivity contribution in [2.24, 2.45) is 10.2 Å². The number of hydrogen-bond donors (Lipinski definition) is 2. The van der Waals surface area contributed by atoms with Gasteiger partial charge in [0.15, 0.2) is 5.69 Å². The Morgan fingerprint density at radius 2 is 1.89 bits per heavy atom. The molecule has 0 aliphatic rings. The van der Waals surface area contributed by atoms with E-state index in [0.29, 0.717) is 28.5 Å². The monoisotopic (exact) mass is 373 g/mol. The minimum Gasteiger partial charge on any atom is -0.287 e. The Morgan fingerprint density at radius 1 is 1.14 bits per heavy atom. The summed E-state index contributed by atoms with van der Waals surface area (Å²) in [5, 5.41) is 23.3. The molecule has 3 heterocycles. The van der Waals surface area contributed by atoms with E-state index in [-0.39, 0.29) is 11.2 Å². The maximum absolute atomic E-state index is 7.55. The number of azo groups is 1. The third-order valence-corrected chi connectivity index (χ3v) is 4.27. The molecule has 140 valence electrons. The van der Waals surface area contributed by atoms with Crippen LogP contribution in [0.1, 0.15) is 32.3 Å². The van der Waals surface area contributed by atoms with Crippen LogP contribution in [0.15, 0.2) is 40.6 Å². The highest BCUT2D eigenvalue weighted by Crippen LogP contribution is 2.39. The molecule has 9 heteroatoms. The Morgan fingerprint density at radius 3 is 2.57 bits per heavy atom. The molecule has 0 amide bonds. The fraction of sp³-hybridized carbons (Fsp3) is 0.263. The number of aromatic amines is 2. The van der Waals surface area contributed by atoms with E-state index in [4.69, 9.17) is 6.57 Å². The van der Waals surface area contributed by atoms with E-state index >= 15 is 0 Å². The van der Waals surface area contributed by atoms with Crippen molar-refractivity contribution in [3.05, 3.63) is 53.3 Å². The molecular formula is C19H19N9. The lowest BCUT2D eigenvalue weighted by Crippen LogP contribution is -2.12. The van der Waals surface area contributed by atoms with Crippen LogP contribution in [0.25, 0.3) is 21.7 Å². The molecule has 28 heavy (non-hydrogen) atoms. The van der Waals surface area contributed by atoms with Crippen LogP contribution < -0.4 is 0 Å². The first-order chi connectivity index (χ1) is 13.4. The largest absolute Gasteiger partial charge is 0.287 e. The molecule has 4 rings (SSSR count). The summed E-state index contributed by atoms with van der Waals surface area (Å²) in [5.74, 6) is 0.875. The highest BCUT2D eigenvalue weighted by molar-refractivity contribution is 5.82. The first kappa shape index (κ1) is 17.6. The number of H-pyrrole nitrogens is 2. The van der Waals surface area contributed by atoms with Gasteiger partial charge in [-0.2, -0.15) is 9.73 Å². The van der Waals surface area contributed by atoms with Gasteiger partial charge >= 0.3 is 0 Å². The van der Waals surface area contributed by atoms with Crippen molar-refractivity contribution in [1.29, 1.82) is 0 Å². The van der Waals surface area contributed by atoms with Crippen molar-refractivity contribution in [3.8, 4) is 11.3 Å². The molecule has 3 aromatic heterocycles. The molecule has 4 aromatic rings. The standard InChI is InChI=1S/C19H19N9/c1-11-21-18-15(16(19(2,3)4)27-28(18)26-11)23-25-17-14(20-5)13(22-24-17)12-9-7-6-8-10-12/h6-10,27H,1-4H3,(H,22,24). The van der Waals surface area contributed by atoms with Gasteiger partial charge in [-0.3, -0.25) is 10.2 Å². The van der Waals surface area contributed by atoms with Crippen molar-refractivity contribution < 1.29 is 0 Å². The molecule has 0 fully saturated rings. The van der Waals surface area contributed by atoms with Gasteiger partial charge in [-0.15, -0.1) is 15.3 Å². The van der Waals surface area contributed by atoms with E-state index < -0.39 is 0 Å². The van der Waals surface area contributed by atoms with Gasteiger partial charge in [-0.05, 0) is 12.5 Å². The number of aryl methyl sites for hydroxylation is 1. The van der Waals surface area contributed by atoms with Crippen molar-refractivity contribution in [2.45, 2.75) is 33.1 Å². The second-order valence-electron chi connectivity index (χ2n) is 7.43. The van der Waals surface area contributed by atoms with E-state index in [1.807, 2.05) is 37.3 Å². The molecule has 2 N–H and O–H groups in total. The van der Waals surface area contributed by atoms with Crippen LogP contribution >= 0.6 is 0 Å². The van der Waals surface area contributed by atoms with Crippen molar-refractivity contribution in [2.75, 3.05) is 0 Å². The van der Waals surface area contributed by atoms with Crippen molar-refractivity contribution >= 4 is 22.8 Å². The molecule has 0 aliphatic carbocycles. The molecule has 0 atom stereocenters. The van der Waals surface area contributed by atoms with Gasteiger partial charge in [0, 0.05) is 5.41 Å². The topological polar surface area (TPSA) is 104 Å². The number of benzene rings is 1. The van der Waals surface area contributed by atoms with Gasteiger partial charge in [0.25, 0.3) is 5.69 Å². The van der Waals surface area contributed by atoms with E-state index in [1.54, 1.807) is 4.63 Å². The number of nitrogens with zero attached hydrogens (tertiary/aromatic N) is 7. The zero-order chi connectivity index (χ0) is 19.9. The lowest BCUT2D eigenvalue weighted by atomic mass is 9.91. The molecule has 0 saturated heterocycles. The third-order valence-electron chi connectivity index (χ3n) is 4.27. The Balaban J connectivity index is 1.81. The summed E-state index contributed by atoms with van der Waals surface area (Å²) in [6.07, 6.45) is 0. The summed E-state index contributed by atoms with van der Waals surface area (Å²) in [4.78, 5) is 8.04. The van der Waals surface area contributed by atoms with Crippen molar-refractivity contribution in [3.63, 3.8) is 0 Å².